The summed E-state index contributed by atoms with van der Waals surface area (Å²) in [6.07, 6.45) is -0.647. The molecule has 2 rings (SSSR count). The van der Waals surface area contributed by atoms with E-state index in [1.807, 2.05) is 13.8 Å². The molecule has 134 valence electrons. The predicted octanol–water partition coefficient (Wildman–Crippen LogP) is 4.06. The monoisotopic (exact) mass is 365 g/mol. The molecule has 1 atom stereocenters. The van der Waals surface area contributed by atoms with Gasteiger partial charge in [0.1, 0.15) is 23.9 Å². The smallest absolute Gasteiger partial charge is 0.260 e. The summed E-state index contributed by atoms with van der Waals surface area (Å²) in [6, 6.07) is 9.32. The van der Waals surface area contributed by atoms with E-state index < -0.39 is 6.10 Å². The fourth-order valence-corrected chi connectivity index (χ4v) is 2.36. The predicted molar refractivity (Wildman–Crippen MR) is 95.9 cm³/mol. The molecule has 0 bridgehead atoms. The van der Waals surface area contributed by atoms with E-state index in [0.29, 0.717) is 23.1 Å². The SMILES string of the molecule is Cc1cc(O[C@@H](C)C(=O)NCCOc2ccc(F)cc2)cc(C)c1Cl. The van der Waals surface area contributed by atoms with Crippen LogP contribution in [0.4, 0.5) is 4.39 Å². The van der Waals surface area contributed by atoms with Crippen LogP contribution in [0.2, 0.25) is 5.02 Å². The van der Waals surface area contributed by atoms with E-state index in [9.17, 15) is 9.18 Å². The van der Waals surface area contributed by atoms with Gasteiger partial charge in [0.25, 0.3) is 5.91 Å². The van der Waals surface area contributed by atoms with Crippen LogP contribution < -0.4 is 14.8 Å². The third-order valence-electron chi connectivity index (χ3n) is 3.58. The molecule has 0 spiro atoms. The van der Waals surface area contributed by atoms with Crippen molar-refractivity contribution >= 4 is 17.5 Å². The first-order valence-electron chi connectivity index (χ1n) is 7.96. The van der Waals surface area contributed by atoms with Crippen LogP contribution in [0.25, 0.3) is 0 Å². The van der Waals surface area contributed by atoms with Crippen molar-refractivity contribution in [3.05, 3.63) is 58.4 Å². The maximum atomic E-state index is 12.8. The van der Waals surface area contributed by atoms with Gasteiger partial charge in [0.05, 0.1) is 6.54 Å². The van der Waals surface area contributed by atoms with Gasteiger partial charge in [-0.2, -0.15) is 0 Å². The first-order valence-corrected chi connectivity index (χ1v) is 8.34. The summed E-state index contributed by atoms with van der Waals surface area (Å²) in [5, 5.41) is 3.43. The van der Waals surface area contributed by atoms with E-state index in [0.717, 1.165) is 11.1 Å². The fourth-order valence-electron chi connectivity index (χ4n) is 2.25. The van der Waals surface area contributed by atoms with E-state index in [2.05, 4.69) is 5.32 Å². The Kier molecular flexibility index (Phi) is 6.65. The number of amides is 1. The normalized spacial score (nSPS) is 11.7. The summed E-state index contributed by atoms with van der Waals surface area (Å²) < 4.78 is 23.9. The van der Waals surface area contributed by atoms with Crippen molar-refractivity contribution in [2.45, 2.75) is 26.9 Å². The lowest BCUT2D eigenvalue weighted by Gasteiger charge is -2.16. The highest BCUT2D eigenvalue weighted by atomic mass is 35.5. The lowest BCUT2D eigenvalue weighted by molar-refractivity contribution is -0.127. The Morgan fingerprint density at radius 1 is 1.16 bits per heavy atom. The topological polar surface area (TPSA) is 47.6 Å². The summed E-state index contributed by atoms with van der Waals surface area (Å²) in [5.74, 6) is 0.587. The molecule has 6 heteroatoms. The summed E-state index contributed by atoms with van der Waals surface area (Å²) >= 11 is 6.12. The molecule has 0 saturated carbocycles. The molecular weight excluding hydrogens is 345 g/mol. The van der Waals surface area contributed by atoms with Gasteiger partial charge in [0.2, 0.25) is 0 Å². The number of benzene rings is 2. The highest BCUT2D eigenvalue weighted by Crippen LogP contribution is 2.26. The molecule has 0 aliphatic heterocycles. The number of hydrogen-bond acceptors (Lipinski definition) is 3. The fraction of sp³-hybridized carbons (Fsp3) is 0.316. The van der Waals surface area contributed by atoms with Crippen molar-refractivity contribution < 1.29 is 18.7 Å². The minimum Gasteiger partial charge on any atom is -0.492 e. The van der Waals surface area contributed by atoms with Crippen LogP contribution in [0.1, 0.15) is 18.1 Å². The molecule has 0 heterocycles. The van der Waals surface area contributed by atoms with Crippen molar-refractivity contribution in [2.24, 2.45) is 0 Å². The van der Waals surface area contributed by atoms with Crippen molar-refractivity contribution in [3.8, 4) is 11.5 Å². The Bertz CT molecular complexity index is 711. The van der Waals surface area contributed by atoms with Gasteiger partial charge in [-0.3, -0.25) is 4.79 Å². The molecule has 4 nitrogen and oxygen atoms in total. The third kappa shape index (κ3) is 5.64. The Labute approximate surface area is 151 Å². The zero-order valence-electron chi connectivity index (χ0n) is 14.4. The second kappa shape index (κ2) is 8.72. The van der Waals surface area contributed by atoms with Gasteiger partial charge < -0.3 is 14.8 Å². The minimum absolute atomic E-state index is 0.243. The van der Waals surface area contributed by atoms with Crippen molar-refractivity contribution in [1.29, 1.82) is 0 Å². The highest BCUT2D eigenvalue weighted by Gasteiger charge is 2.15. The first-order chi connectivity index (χ1) is 11.9. The molecule has 1 N–H and O–H groups in total. The largest absolute Gasteiger partial charge is 0.492 e. The third-order valence-corrected chi connectivity index (χ3v) is 4.17. The number of halogens is 2. The number of ether oxygens (including phenoxy) is 2. The summed E-state index contributed by atoms with van der Waals surface area (Å²) in [5.41, 5.74) is 1.80. The van der Waals surface area contributed by atoms with Crippen LogP contribution >= 0.6 is 11.6 Å². The lowest BCUT2D eigenvalue weighted by atomic mass is 10.1. The quantitative estimate of drug-likeness (QED) is 0.753. The average Bonchev–Trinajstić information content (AvgIpc) is 2.57. The number of carbonyl (C=O) groups excluding carboxylic acids is 1. The molecule has 0 aromatic heterocycles. The molecule has 25 heavy (non-hydrogen) atoms. The number of hydrogen-bond donors (Lipinski definition) is 1. The molecule has 2 aromatic rings. The molecule has 0 fully saturated rings. The summed E-state index contributed by atoms with van der Waals surface area (Å²) in [7, 11) is 0. The highest BCUT2D eigenvalue weighted by molar-refractivity contribution is 6.32. The molecule has 0 saturated heterocycles. The summed E-state index contributed by atoms with van der Waals surface area (Å²) in [6.45, 7) is 6.06. The van der Waals surface area contributed by atoms with Crippen molar-refractivity contribution in [1.82, 2.24) is 5.32 Å². The van der Waals surface area contributed by atoms with Gasteiger partial charge in [0.15, 0.2) is 6.10 Å². The van der Waals surface area contributed by atoms with E-state index in [4.69, 9.17) is 21.1 Å². The number of rotatable bonds is 7. The van der Waals surface area contributed by atoms with Crippen LogP contribution in [0.15, 0.2) is 36.4 Å². The van der Waals surface area contributed by atoms with Crippen LogP contribution in [0, 0.1) is 19.7 Å². The molecular formula is C19H21ClFNO3. The Morgan fingerprint density at radius 2 is 1.76 bits per heavy atom. The lowest BCUT2D eigenvalue weighted by Crippen LogP contribution is -2.38. The first kappa shape index (κ1) is 19.1. The maximum Gasteiger partial charge on any atom is 0.260 e. The molecule has 0 unspecified atom stereocenters. The van der Waals surface area contributed by atoms with Crippen molar-refractivity contribution in [2.75, 3.05) is 13.2 Å². The summed E-state index contributed by atoms with van der Waals surface area (Å²) in [4.78, 5) is 12.1. The van der Waals surface area contributed by atoms with Crippen molar-refractivity contribution in [3.63, 3.8) is 0 Å². The van der Waals surface area contributed by atoms with Crippen LogP contribution in [0.5, 0.6) is 11.5 Å². The van der Waals surface area contributed by atoms with E-state index in [1.54, 1.807) is 19.1 Å². The zero-order chi connectivity index (χ0) is 18.4. The molecule has 0 aliphatic carbocycles. The van der Waals surface area contributed by atoms with Gasteiger partial charge in [-0.15, -0.1) is 0 Å². The van der Waals surface area contributed by atoms with Gasteiger partial charge in [-0.25, -0.2) is 4.39 Å². The molecule has 1 amide bonds. The Balaban J connectivity index is 1.77. The van der Waals surface area contributed by atoms with Gasteiger partial charge in [0, 0.05) is 5.02 Å². The second-order valence-corrected chi connectivity index (χ2v) is 6.10. The van der Waals surface area contributed by atoms with Gasteiger partial charge >= 0.3 is 0 Å². The van der Waals surface area contributed by atoms with Crippen LogP contribution in [0.3, 0.4) is 0 Å². The Morgan fingerprint density at radius 3 is 2.36 bits per heavy atom. The van der Waals surface area contributed by atoms with E-state index in [-0.39, 0.29) is 18.3 Å². The maximum absolute atomic E-state index is 12.8. The molecule has 0 aliphatic rings. The van der Waals surface area contributed by atoms with Crippen LogP contribution in [-0.2, 0) is 4.79 Å². The van der Waals surface area contributed by atoms with E-state index in [1.165, 1.54) is 24.3 Å². The minimum atomic E-state index is -0.647. The second-order valence-electron chi connectivity index (χ2n) is 5.72. The van der Waals surface area contributed by atoms with Gasteiger partial charge in [-0.05, 0) is 68.3 Å². The molecule has 2 aromatic carbocycles. The Hall–Kier alpha value is -2.27. The standard InChI is InChI=1S/C19H21ClFNO3/c1-12-10-17(11-13(2)18(12)20)25-14(3)19(23)22-8-9-24-16-6-4-15(21)5-7-16/h4-7,10-11,14H,8-9H2,1-3H3,(H,22,23)/t14-/m0/s1. The average molecular weight is 366 g/mol. The molecule has 0 radical (unpaired) electrons. The van der Waals surface area contributed by atoms with Gasteiger partial charge in [-0.1, -0.05) is 11.6 Å². The number of carbonyl (C=O) groups is 1. The number of aryl methyl sites for hydroxylation is 2. The zero-order valence-corrected chi connectivity index (χ0v) is 15.2. The number of nitrogens with one attached hydrogen (secondary N) is 1. The van der Waals surface area contributed by atoms with Crippen LogP contribution in [-0.4, -0.2) is 25.2 Å². The van der Waals surface area contributed by atoms with E-state index >= 15 is 0 Å².